The predicted octanol–water partition coefficient (Wildman–Crippen LogP) is 3.16. The van der Waals surface area contributed by atoms with Crippen molar-refractivity contribution in [1.29, 1.82) is 0 Å². The van der Waals surface area contributed by atoms with Crippen LogP contribution in [0.2, 0.25) is 0 Å². The quantitative estimate of drug-likeness (QED) is 0.693. The van der Waals surface area contributed by atoms with Gasteiger partial charge < -0.3 is 5.32 Å². The number of nitro groups is 1. The molecule has 1 heterocycles. The molecule has 0 spiro atoms. The van der Waals surface area contributed by atoms with E-state index in [0.29, 0.717) is 11.6 Å². The first kappa shape index (κ1) is 13.4. The first-order valence-electron chi connectivity index (χ1n) is 5.49. The van der Waals surface area contributed by atoms with Crippen LogP contribution in [0.25, 0.3) is 11.4 Å². The van der Waals surface area contributed by atoms with Crippen LogP contribution in [0.3, 0.4) is 0 Å². The monoisotopic (exact) mass is 322 g/mol. The van der Waals surface area contributed by atoms with Gasteiger partial charge in [-0.3, -0.25) is 10.1 Å². The van der Waals surface area contributed by atoms with Gasteiger partial charge in [0.15, 0.2) is 5.82 Å². The number of nitrogens with zero attached hydrogens (tertiary/aromatic N) is 3. The molecule has 0 amide bonds. The summed E-state index contributed by atoms with van der Waals surface area (Å²) in [4.78, 5) is 18.9. The van der Waals surface area contributed by atoms with Crippen LogP contribution in [0.15, 0.2) is 28.7 Å². The van der Waals surface area contributed by atoms with E-state index in [1.54, 1.807) is 19.2 Å². The highest BCUT2D eigenvalue weighted by Crippen LogP contribution is 2.27. The maximum atomic E-state index is 10.6. The minimum Gasteiger partial charge on any atom is -0.372 e. The number of aryl methyl sites for hydroxylation is 1. The Bertz CT molecular complexity index is 628. The molecule has 1 N–H and O–H groups in total. The lowest BCUT2D eigenvalue weighted by atomic mass is 10.2. The Kier molecular flexibility index (Phi) is 3.75. The van der Waals surface area contributed by atoms with Crippen LogP contribution in [0.1, 0.15) is 5.69 Å². The van der Waals surface area contributed by atoms with Crippen molar-refractivity contribution in [3.8, 4) is 11.4 Å². The summed E-state index contributed by atoms with van der Waals surface area (Å²) < 4.78 is 0.806. The normalized spacial score (nSPS) is 10.3. The average molecular weight is 323 g/mol. The van der Waals surface area contributed by atoms with Crippen LogP contribution >= 0.6 is 15.9 Å². The average Bonchev–Trinajstić information content (AvgIpc) is 2.41. The molecule has 0 aliphatic carbocycles. The van der Waals surface area contributed by atoms with E-state index >= 15 is 0 Å². The molecule has 0 saturated heterocycles. The molecule has 1 aromatic carbocycles. The number of hydrogen-bond acceptors (Lipinski definition) is 5. The molecule has 0 aliphatic rings. The SMILES string of the molecule is CNc1nc(-c2ccc([N+](=O)[O-])cc2)nc(C)c1Br. The number of nitrogens with one attached hydrogen (secondary N) is 1. The summed E-state index contributed by atoms with van der Waals surface area (Å²) in [6.45, 7) is 1.86. The van der Waals surface area contributed by atoms with Crippen LogP contribution in [0.5, 0.6) is 0 Å². The van der Waals surface area contributed by atoms with E-state index in [1.165, 1.54) is 12.1 Å². The fourth-order valence-electron chi connectivity index (χ4n) is 1.59. The maximum absolute atomic E-state index is 10.6. The van der Waals surface area contributed by atoms with Crippen LogP contribution in [0, 0.1) is 17.0 Å². The van der Waals surface area contributed by atoms with Crippen molar-refractivity contribution < 1.29 is 4.92 Å². The number of benzene rings is 1. The van der Waals surface area contributed by atoms with Gasteiger partial charge in [0.05, 0.1) is 15.1 Å². The third-order valence-corrected chi connectivity index (χ3v) is 3.54. The maximum Gasteiger partial charge on any atom is 0.269 e. The molecule has 0 atom stereocenters. The van der Waals surface area contributed by atoms with Gasteiger partial charge >= 0.3 is 0 Å². The lowest BCUT2D eigenvalue weighted by molar-refractivity contribution is -0.384. The summed E-state index contributed by atoms with van der Waals surface area (Å²) in [5.74, 6) is 1.21. The minimum absolute atomic E-state index is 0.0476. The highest BCUT2D eigenvalue weighted by molar-refractivity contribution is 9.10. The summed E-state index contributed by atoms with van der Waals surface area (Å²) in [6.07, 6.45) is 0. The number of rotatable bonds is 3. The molecule has 1 aromatic heterocycles. The fourth-order valence-corrected chi connectivity index (χ4v) is 1.96. The lowest BCUT2D eigenvalue weighted by Crippen LogP contribution is -2.00. The summed E-state index contributed by atoms with van der Waals surface area (Å²) in [7, 11) is 1.77. The standard InChI is InChI=1S/C12H11BrN4O2/c1-7-10(13)12(14-2)16-11(15-7)8-3-5-9(6-4-8)17(18)19/h3-6H,1-2H3,(H,14,15,16). The third kappa shape index (κ3) is 2.70. The summed E-state index contributed by atoms with van der Waals surface area (Å²) >= 11 is 3.40. The molecule has 19 heavy (non-hydrogen) atoms. The molecule has 0 radical (unpaired) electrons. The predicted molar refractivity (Wildman–Crippen MR) is 76.1 cm³/mol. The molecule has 2 rings (SSSR count). The van der Waals surface area contributed by atoms with Gasteiger partial charge in [-0.25, -0.2) is 9.97 Å². The van der Waals surface area contributed by atoms with Gasteiger partial charge in [0.2, 0.25) is 0 Å². The van der Waals surface area contributed by atoms with Crippen molar-refractivity contribution >= 4 is 27.4 Å². The number of nitro benzene ring substituents is 1. The summed E-state index contributed by atoms with van der Waals surface area (Å²) in [5.41, 5.74) is 1.58. The van der Waals surface area contributed by atoms with E-state index in [-0.39, 0.29) is 5.69 Å². The van der Waals surface area contributed by atoms with E-state index < -0.39 is 4.92 Å². The van der Waals surface area contributed by atoms with Crippen LogP contribution < -0.4 is 5.32 Å². The van der Waals surface area contributed by atoms with Crippen molar-refractivity contribution in [1.82, 2.24) is 9.97 Å². The molecule has 2 aromatic rings. The minimum atomic E-state index is -0.434. The van der Waals surface area contributed by atoms with Crippen molar-refractivity contribution in [3.63, 3.8) is 0 Å². The first-order chi connectivity index (χ1) is 9.02. The summed E-state index contributed by atoms with van der Waals surface area (Å²) in [6, 6.07) is 6.16. The van der Waals surface area contributed by atoms with E-state index in [9.17, 15) is 10.1 Å². The Morgan fingerprint density at radius 1 is 1.26 bits per heavy atom. The number of hydrogen-bond donors (Lipinski definition) is 1. The topological polar surface area (TPSA) is 81.0 Å². The second-order valence-electron chi connectivity index (χ2n) is 3.85. The zero-order chi connectivity index (χ0) is 14.0. The molecule has 0 saturated carbocycles. The molecule has 0 bridgehead atoms. The Labute approximate surface area is 118 Å². The Balaban J connectivity index is 2.47. The van der Waals surface area contributed by atoms with Crippen molar-refractivity contribution in [2.24, 2.45) is 0 Å². The number of non-ortho nitro benzene ring substituents is 1. The fraction of sp³-hybridized carbons (Fsp3) is 0.167. The van der Waals surface area contributed by atoms with Gasteiger partial charge in [0, 0.05) is 24.7 Å². The van der Waals surface area contributed by atoms with Gasteiger partial charge in [-0.1, -0.05) is 0 Å². The number of anilines is 1. The Hall–Kier alpha value is -2.02. The van der Waals surface area contributed by atoms with Crippen molar-refractivity contribution in [2.75, 3.05) is 12.4 Å². The summed E-state index contributed by atoms with van der Waals surface area (Å²) in [5, 5.41) is 13.6. The largest absolute Gasteiger partial charge is 0.372 e. The first-order valence-corrected chi connectivity index (χ1v) is 6.29. The molecular weight excluding hydrogens is 312 g/mol. The molecule has 98 valence electrons. The van der Waals surface area contributed by atoms with E-state index in [2.05, 4.69) is 31.2 Å². The van der Waals surface area contributed by atoms with Crippen LogP contribution in [-0.4, -0.2) is 21.9 Å². The van der Waals surface area contributed by atoms with Gasteiger partial charge in [-0.2, -0.15) is 0 Å². The van der Waals surface area contributed by atoms with Gasteiger partial charge in [-0.05, 0) is 35.0 Å². The Morgan fingerprint density at radius 2 is 1.89 bits per heavy atom. The lowest BCUT2D eigenvalue weighted by Gasteiger charge is -2.08. The van der Waals surface area contributed by atoms with Gasteiger partial charge in [0.25, 0.3) is 5.69 Å². The molecule has 0 fully saturated rings. The second kappa shape index (κ2) is 5.31. The van der Waals surface area contributed by atoms with Crippen molar-refractivity contribution in [2.45, 2.75) is 6.92 Å². The smallest absolute Gasteiger partial charge is 0.269 e. The highest BCUT2D eigenvalue weighted by atomic mass is 79.9. The molecule has 0 unspecified atom stereocenters. The zero-order valence-electron chi connectivity index (χ0n) is 10.3. The Morgan fingerprint density at radius 3 is 2.42 bits per heavy atom. The van der Waals surface area contributed by atoms with E-state index in [1.807, 2.05) is 6.92 Å². The van der Waals surface area contributed by atoms with Gasteiger partial charge in [0.1, 0.15) is 5.82 Å². The van der Waals surface area contributed by atoms with Crippen LogP contribution in [-0.2, 0) is 0 Å². The van der Waals surface area contributed by atoms with E-state index in [4.69, 9.17) is 0 Å². The second-order valence-corrected chi connectivity index (χ2v) is 4.64. The number of aromatic nitrogens is 2. The zero-order valence-corrected chi connectivity index (χ0v) is 11.9. The highest BCUT2D eigenvalue weighted by Gasteiger charge is 2.11. The molecule has 0 aliphatic heterocycles. The number of halogens is 1. The molecule has 6 nitrogen and oxygen atoms in total. The van der Waals surface area contributed by atoms with Crippen molar-refractivity contribution in [3.05, 3.63) is 44.5 Å². The van der Waals surface area contributed by atoms with Crippen LogP contribution in [0.4, 0.5) is 11.5 Å². The molecular formula is C12H11BrN4O2. The van der Waals surface area contributed by atoms with E-state index in [0.717, 1.165) is 15.7 Å². The third-order valence-electron chi connectivity index (χ3n) is 2.59. The molecule has 7 heteroatoms. The van der Waals surface area contributed by atoms with Gasteiger partial charge in [-0.15, -0.1) is 0 Å².